The lowest BCUT2D eigenvalue weighted by Gasteiger charge is -2.04. The number of anilines is 1. The Kier molecular flexibility index (Phi) is 4.83. The highest BCUT2D eigenvalue weighted by Crippen LogP contribution is 2.29. The number of aryl methyl sites for hydroxylation is 1. The lowest BCUT2D eigenvalue weighted by molar-refractivity contribution is 0.102. The second-order valence-corrected chi connectivity index (χ2v) is 6.61. The molecule has 2 aromatic carbocycles. The van der Waals surface area contributed by atoms with Crippen LogP contribution in [0.3, 0.4) is 0 Å². The third-order valence-electron chi connectivity index (χ3n) is 4.22. The van der Waals surface area contributed by atoms with Gasteiger partial charge >= 0.3 is 0 Å². The number of rotatable bonds is 5. The average molecular weight is 391 g/mol. The predicted molar refractivity (Wildman–Crippen MR) is 107 cm³/mol. The maximum absolute atomic E-state index is 12.9. The molecule has 0 saturated heterocycles. The van der Waals surface area contributed by atoms with Gasteiger partial charge in [-0.15, -0.1) is 0 Å². The Balaban J connectivity index is 1.72. The molecule has 0 fully saturated rings. The Morgan fingerprint density at radius 2 is 2.00 bits per heavy atom. The minimum Gasteiger partial charge on any atom is -0.454 e. The lowest BCUT2D eigenvalue weighted by Crippen LogP contribution is -2.12. The normalized spacial score (nSPS) is 10.7. The molecule has 0 spiro atoms. The smallest absolute Gasteiger partial charge is 0.259 e. The summed E-state index contributed by atoms with van der Waals surface area (Å²) < 4.78 is 7.48. The van der Waals surface area contributed by atoms with Crippen molar-refractivity contribution in [3.8, 4) is 17.5 Å². The van der Waals surface area contributed by atoms with Gasteiger partial charge in [0.05, 0.1) is 24.6 Å². The molecule has 138 valence electrons. The van der Waals surface area contributed by atoms with Crippen molar-refractivity contribution in [1.82, 2.24) is 9.78 Å². The molecule has 28 heavy (non-hydrogen) atoms. The second kappa shape index (κ2) is 7.59. The number of furan rings is 1. The van der Waals surface area contributed by atoms with Crippen molar-refractivity contribution in [2.24, 2.45) is 0 Å². The summed E-state index contributed by atoms with van der Waals surface area (Å²) in [4.78, 5) is 12.9. The number of aromatic nitrogens is 2. The Labute approximate surface area is 165 Å². The molecule has 4 rings (SSSR count). The van der Waals surface area contributed by atoms with Gasteiger partial charge in [0.25, 0.3) is 5.91 Å². The van der Waals surface area contributed by atoms with Gasteiger partial charge in [0, 0.05) is 22.3 Å². The van der Waals surface area contributed by atoms with Crippen LogP contribution in [0.4, 0.5) is 5.69 Å². The monoisotopic (exact) mass is 390 g/mol. The fourth-order valence-electron chi connectivity index (χ4n) is 2.88. The quantitative estimate of drug-likeness (QED) is 0.512. The maximum atomic E-state index is 12.9. The summed E-state index contributed by atoms with van der Waals surface area (Å²) in [7, 11) is 0. The van der Waals surface area contributed by atoms with Crippen LogP contribution < -0.4 is 5.32 Å². The van der Waals surface area contributed by atoms with E-state index in [4.69, 9.17) is 21.3 Å². The molecule has 0 aliphatic heterocycles. The van der Waals surface area contributed by atoms with Crippen LogP contribution in [0.25, 0.3) is 22.4 Å². The van der Waals surface area contributed by atoms with E-state index in [-0.39, 0.29) is 5.91 Å². The van der Waals surface area contributed by atoms with Crippen molar-refractivity contribution in [2.75, 3.05) is 5.32 Å². The zero-order valence-corrected chi connectivity index (χ0v) is 15.5. The topological polar surface area (TPSA) is 83.9 Å². The third-order valence-corrected chi connectivity index (χ3v) is 4.47. The molecule has 7 heteroatoms. The number of hydrogen-bond acceptors (Lipinski definition) is 4. The maximum Gasteiger partial charge on any atom is 0.259 e. The van der Waals surface area contributed by atoms with Crippen LogP contribution in [0, 0.1) is 11.3 Å². The number of halogens is 1. The van der Waals surface area contributed by atoms with Gasteiger partial charge in [-0.1, -0.05) is 29.8 Å². The fraction of sp³-hybridized carbons (Fsp3) is 0.0952. The number of carbonyl (C=O) groups is 1. The number of carbonyl (C=O) groups excluding carboxylic acids is 1. The van der Waals surface area contributed by atoms with E-state index in [9.17, 15) is 4.79 Å². The second-order valence-electron chi connectivity index (χ2n) is 6.17. The third kappa shape index (κ3) is 3.61. The van der Waals surface area contributed by atoms with Gasteiger partial charge in [-0.3, -0.25) is 9.48 Å². The Morgan fingerprint density at radius 1 is 1.21 bits per heavy atom. The number of amides is 1. The zero-order valence-electron chi connectivity index (χ0n) is 14.7. The van der Waals surface area contributed by atoms with Crippen LogP contribution in [-0.4, -0.2) is 15.7 Å². The van der Waals surface area contributed by atoms with Crippen molar-refractivity contribution < 1.29 is 9.21 Å². The first kappa shape index (κ1) is 17.8. The van der Waals surface area contributed by atoms with Crippen LogP contribution >= 0.6 is 11.6 Å². The van der Waals surface area contributed by atoms with Crippen molar-refractivity contribution in [3.63, 3.8) is 0 Å². The summed E-state index contributed by atoms with van der Waals surface area (Å²) in [6, 6.07) is 18.4. The van der Waals surface area contributed by atoms with Gasteiger partial charge in [0.1, 0.15) is 11.3 Å². The summed E-state index contributed by atoms with van der Waals surface area (Å²) in [5.41, 5.74) is 2.13. The number of benzene rings is 2. The number of fused-ring (bicyclic) bond motifs is 1. The molecule has 0 aliphatic rings. The van der Waals surface area contributed by atoms with Gasteiger partial charge in [0.2, 0.25) is 0 Å². The van der Waals surface area contributed by atoms with Crippen molar-refractivity contribution in [3.05, 3.63) is 71.4 Å². The van der Waals surface area contributed by atoms with E-state index in [1.54, 1.807) is 35.1 Å². The molecule has 2 heterocycles. The number of hydrogen-bond donors (Lipinski definition) is 1. The predicted octanol–water partition coefficient (Wildman–Crippen LogP) is 5.12. The average Bonchev–Trinajstić information content (AvgIpc) is 3.32. The Morgan fingerprint density at radius 3 is 2.75 bits per heavy atom. The highest BCUT2D eigenvalue weighted by molar-refractivity contribution is 6.30. The summed E-state index contributed by atoms with van der Waals surface area (Å²) >= 11 is 5.90. The van der Waals surface area contributed by atoms with Crippen LogP contribution in [0.5, 0.6) is 0 Å². The molecule has 0 bridgehead atoms. The molecule has 0 unspecified atom stereocenters. The van der Waals surface area contributed by atoms with Gasteiger partial charge in [-0.2, -0.15) is 10.4 Å². The van der Waals surface area contributed by atoms with Gasteiger partial charge < -0.3 is 9.73 Å². The number of nitrogens with zero attached hydrogens (tertiary/aromatic N) is 3. The molecule has 4 aromatic rings. The van der Waals surface area contributed by atoms with Gasteiger partial charge in [0.15, 0.2) is 5.76 Å². The number of nitrogens with one attached hydrogen (secondary N) is 1. The summed E-state index contributed by atoms with van der Waals surface area (Å²) in [6.45, 7) is 0.387. The van der Waals surface area contributed by atoms with E-state index in [1.165, 1.54) is 0 Å². The molecule has 0 radical (unpaired) electrons. The highest BCUT2D eigenvalue weighted by atomic mass is 35.5. The summed E-state index contributed by atoms with van der Waals surface area (Å²) in [5, 5.41) is 17.7. The first-order valence-corrected chi connectivity index (χ1v) is 9.02. The minimum absolute atomic E-state index is 0.291. The van der Waals surface area contributed by atoms with Crippen LogP contribution in [0.2, 0.25) is 5.02 Å². The molecule has 6 nitrogen and oxygen atoms in total. The highest BCUT2D eigenvalue weighted by Gasteiger charge is 2.21. The number of para-hydroxylation sites is 1. The largest absolute Gasteiger partial charge is 0.454 e. The standard InChI is InChI=1S/C21H15ClN4O2/c22-15-6-8-16(9-7-15)24-21(27)17-13-26(11-3-10-23)25-20(17)19-12-14-4-1-2-5-18(14)28-19/h1-2,4-9,12-13H,3,11H2,(H,24,27). The van der Waals surface area contributed by atoms with Crippen LogP contribution in [0.15, 0.2) is 65.2 Å². The van der Waals surface area contributed by atoms with Gasteiger partial charge in [-0.05, 0) is 36.4 Å². The van der Waals surface area contributed by atoms with E-state index < -0.39 is 0 Å². The van der Waals surface area contributed by atoms with E-state index in [0.717, 1.165) is 5.39 Å². The van der Waals surface area contributed by atoms with Gasteiger partial charge in [-0.25, -0.2) is 0 Å². The Hall–Kier alpha value is -3.56. The van der Waals surface area contributed by atoms with Crippen molar-refractivity contribution in [1.29, 1.82) is 5.26 Å². The fourth-order valence-corrected chi connectivity index (χ4v) is 3.00. The Bertz CT molecular complexity index is 1150. The lowest BCUT2D eigenvalue weighted by atomic mass is 10.1. The van der Waals surface area contributed by atoms with E-state index in [0.29, 0.717) is 46.3 Å². The first-order chi connectivity index (χ1) is 13.6. The number of nitriles is 1. The molecule has 2 aromatic heterocycles. The first-order valence-electron chi connectivity index (χ1n) is 8.64. The molecular formula is C21H15ClN4O2. The SMILES string of the molecule is N#CCCn1cc(C(=O)Nc2ccc(Cl)cc2)c(-c2cc3ccccc3o2)n1. The van der Waals surface area contributed by atoms with Crippen LogP contribution in [-0.2, 0) is 6.54 Å². The van der Waals surface area contributed by atoms with Crippen molar-refractivity contribution >= 4 is 34.2 Å². The minimum atomic E-state index is -0.319. The van der Waals surface area contributed by atoms with E-state index in [1.807, 2.05) is 30.3 Å². The molecular weight excluding hydrogens is 376 g/mol. The van der Waals surface area contributed by atoms with Crippen LogP contribution in [0.1, 0.15) is 16.8 Å². The van der Waals surface area contributed by atoms with E-state index >= 15 is 0 Å². The molecule has 0 atom stereocenters. The zero-order chi connectivity index (χ0) is 19.5. The summed E-state index contributed by atoms with van der Waals surface area (Å²) in [5.74, 6) is 0.180. The molecule has 0 saturated carbocycles. The summed E-state index contributed by atoms with van der Waals surface area (Å²) in [6.07, 6.45) is 1.92. The van der Waals surface area contributed by atoms with E-state index in [2.05, 4.69) is 16.5 Å². The van der Waals surface area contributed by atoms with Crippen molar-refractivity contribution in [2.45, 2.75) is 13.0 Å². The molecule has 1 N–H and O–H groups in total. The molecule has 1 amide bonds. The molecule has 0 aliphatic carbocycles.